The van der Waals surface area contributed by atoms with E-state index in [1.54, 1.807) is 0 Å². The third-order valence-electron chi connectivity index (χ3n) is 1.89. The van der Waals surface area contributed by atoms with Gasteiger partial charge in [0.1, 0.15) is 0 Å². The molecule has 0 fully saturated rings. The molecular weight excluding hydrogens is 166 g/mol. The van der Waals surface area contributed by atoms with Crippen molar-refractivity contribution in [3.8, 4) is 0 Å². The van der Waals surface area contributed by atoms with Crippen LogP contribution in [0.25, 0.3) is 0 Å². The largest absolute Gasteiger partial charge is 0.365 e. The van der Waals surface area contributed by atoms with Crippen LogP contribution in [0.5, 0.6) is 0 Å². The minimum Gasteiger partial charge on any atom is -0.365 e. The summed E-state index contributed by atoms with van der Waals surface area (Å²) in [6.45, 7) is 7.92. The lowest BCUT2D eigenvalue weighted by atomic mass is 10.2. The quantitative estimate of drug-likeness (QED) is 0.591. The second-order valence-electron chi connectivity index (χ2n) is 3.85. The van der Waals surface area contributed by atoms with Crippen LogP contribution in [-0.2, 0) is 0 Å². The summed E-state index contributed by atoms with van der Waals surface area (Å²) in [5.74, 6) is -1.55. The Morgan fingerprint density at radius 3 is 2.08 bits per heavy atom. The zero-order valence-electron chi connectivity index (χ0n) is 9.08. The molecule has 13 heavy (non-hydrogen) atoms. The lowest BCUT2D eigenvalue weighted by Crippen LogP contribution is -2.41. The van der Waals surface area contributed by atoms with Gasteiger partial charge in [-0.3, -0.25) is 4.90 Å². The fraction of sp³-hybridized carbons (Fsp3) is 1.00. The van der Waals surface area contributed by atoms with E-state index >= 15 is 0 Å². The van der Waals surface area contributed by atoms with Gasteiger partial charge in [0.2, 0.25) is 0 Å². The molecule has 0 bridgehead atoms. The summed E-state index contributed by atoms with van der Waals surface area (Å²) in [5, 5.41) is 18.5. The van der Waals surface area contributed by atoms with Gasteiger partial charge < -0.3 is 10.2 Å². The number of aliphatic hydroxyl groups is 2. The smallest absolute Gasteiger partial charge is 0.172 e. The molecule has 0 saturated carbocycles. The first-order valence-electron chi connectivity index (χ1n) is 5.16. The van der Waals surface area contributed by atoms with Crippen molar-refractivity contribution in [2.45, 2.75) is 45.8 Å². The zero-order chi connectivity index (χ0) is 10.3. The zero-order valence-corrected chi connectivity index (χ0v) is 9.08. The molecule has 0 radical (unpaired) electrons. The lowest BCUT2D eigenvalue weighted by Gasteiger charge is -2.27. The third-order valence-corrected chi connectivity index (χ3v) is 1.89. The summed E-state index contributed by atoms with van der Waals surface area (Å²) in [7, 11) is 0. The minimum absolute atomic E-state index is 0.348. The van der Waals surface area contributed by atoms with Crippen molar-refractivity contribution in [2.24, 2.45) is 0 Å². The molecule has 0 aromatic heterocycles. The Balaban J connectivity index is 3.79. The molecule has 2 N–H and O–H groups in total. The van der Waals surface area contributed by atoms with Gasteiger partial charge in [0.15, 0.2) is 5.79 Å². The number of hydrogen-bond donors (Lipinski definition) is 2. The first-order chi connectivity index (χ1) is 5.99. The number of hydrogen-bond acceptors (Lipinski definition) is 3. The standard InChI is InChI=1S/C10H23NO2/c1-4-6-8-11(7-5-2)9-10(3,12)13/h12-13H,4-9H2,1-3H3. The predicted molar refractivity (Wildman–Crippen MR) is 54.5 cm³/mol. The minimum atomic E-state index is -1.55. The van der Waals surface area contributed by atoms with E-state index < -0.39 is 5.79 Å². The van der Waals surface area contributed by atoms with Crippen molar-refractivity contribution >= 4 is 0 Å². The van der Waals surface area contributed by atoms with Gasteiger partial charge in [-0.15, -0.1) is 0 Å². The van der Waals surface area contributed by atoms with E-state index in [2.05, 4.69) is 18.7 Å². The second kappa shape index (κ2) is 6.35. The van der Waals surface area contributed by atoms with Crippen LogP contribution in [0.3, 0.4) is 0 Å². The summed E-state index contributed by atoms with van der Waals surface area (Å²) in [6.07, 6.45) is 3.32. The lowest BCUT2D eigenvalue weighted by molar-refractivity contribution is -0.158. The summed E-state index contributed by atoms with van der Waals surface area (Å²) in [5.41, 5.74) is 0. The Hall–Kier alpha value is -0.120. The molecule has 3 nitrogen and oxygen atoms in total. The number of unbranched alkanes of at least 4 members (excludes halogenated alkanes) is 1. The van der Waals surface area contributed by atoms with Crippen LogP contribution in [0, 0.1) is 0 Å². The van der Waals surface area contributed by atoms with Crippen LogP contribution in [0.1, 0.15) is 40.0 Å². The molecule has 3 heteroatoms. The van der Waals surface area contributed by atoms with Crippen molar-refractivity contribution in [2.75, 3.05) is 19.6 Å². The van der Waals surface area contributed by atoms with E-state index in [1.165, 1.54) is 6.92 Å². The molecule has 80 valence electrons. The molecule has 0 atom stereocenters. The SMILES string of the molecule is CCCCN(CCC)CC(C)(O)O. The fourth-order valence-electron chi connectivity index (χ4n) is 1.39. The van der Waals surface area contributed by atoms with Crippen molar-refractivity contribution in [3.05, 3.63) is 0 Å². The maximum Gasteiger partial charge on any atom is 0.172 e. The van der Waals surface area contributed by atoms with Crippen LogP contribution in [0.4, 0.5) is 0 Å². The number of nitrogens with zero attached hydrogens (tertiary/aromatic N) is 1. The maximum atomic E-state index is 9.23. The monoisotopic (exact) mass is 189 g/mol. The Morgan fingerprint density at radius 1 is 1.08 bits per heavy atom. The van der Waals surface area contributed by atoms with Gasteiger partial charge in [-0.1, -0.05) is 20.3 Å². The molecule has 0 aromatic carbocycles. The summed E-state index contributed by atoms with van der Waals surface area (Å²) in [6, 6.07) is 0. The molecular formula is C10H23NO2. The average Bonchev–Trinajstić information content (AvgIpc) is 1.98. The van der Waals surface area contributed by atoms with E-state index in [1.807, 2.05) is 0 Å². The number of rotatable bonds is 7. The van der Waals surface area contributed by atoms with Gasteiger partial charge in [0.05, 0.1) is 6.54 Å². The van der Waals surface area contributed by atoms with Crippen LogP contribution < -0.4 is 0 Å². The van der Waals surface area contributed by atoms with Crippen LogP contribution in [-0.4, -0.2) is 40.5 Å². The van der Waals surface area contributed by atoms with Gasteiger partial charge in [-0.05, 0) is 32.9 Å². The average molecular weight is 189 g/mol. The molecule has 0 unspecified atom stereocenters. The first kappa shape index (κ1) is 12.9. The highest BCUT2D eigenvalue weighted by Gasteiger charge is 2.18. The summed E-state index contributed by atoms with van der Waals surface area (Å²) >= 11 is 0. The molecule has 0 spiro atoms. The first-order valence-corrected chi connectivity index (χ1v) is 5.16. The maximum absolute atomic E-state index is 9.23. The molecule has 0 heterocycles. The van der Waals surface area contributed by atoms with Crippen molar-refractivity contribution < 1.29 is 10.2 Å². The van der Waals surface area contributed by atoms with Gasteiger partial charge in [-0.2, -0.15) is 0 Å². The van der Waals surface area contributed by atoms with Crippen molar-refractivity contribution in [1.82, 2.24) is 4.90 Å². The van der Waals surface area contributed by atoms with Gasteiger partial charge in [-0.25, -0.2) is 0 Å². The van der Waals surface area contributed by atoms with E-state index in [4.69, 9.17) is 0 Å². The topological polar surface area (TPSA) is 43.7 Å². The molecule has 0 aliphatic carbocycles. The Morgan fingerprint density at radius 2 is 1.69 bits per heavy atom. The normalized spacial score (nSPS) is 12.5. The van der Waals surface area contributed by atoms with Gasteiger partial charge in [0.25, 0.3) is 0 Å². The van der Waals surface area contributed by atoms with E-state index in [9.17, 15) is 10.2 Å². The third kappa shape index (κ3) is 8.22. The summed E-state index contributed by atoms with van der Waals surface area (Å²) in [4.78, 5) is 2.10. The Bertz CT molecular complexity index is 121. The van der Waals surface area contributed by atoms with Gasteiger partial charge in [0, 0.05) is 0 Å². The molecule has 0 amide bonds. The fourth-order valence-corrected chi connectivity index (χ4v) is 1.39. The van der Waals surface area contributed by atoms with Crippen LogP contribution in [0.2, 0.25) is 0 Å². The van der Waals surface area contributed by atoms with E-state index in [0.29, 0.717) is 6.54 Å². The highest BCUT2D eigenvalue weighted by atomic mass is 16.5. The molecule has 0 rings (SSSR count). The Labute approximate surface area is 81.4 Å². The highest BCUT2D eigenvalue weighted by Crippen LogP contribution is 2.04. The van der Waals surface area contributed by atoms with Crippen LogP contribution >= 0.6 is 0 Å². The van der Waals surface area contributed by atoms with E-state index in [0.717, 1.165) is 32.4 Å². The second-order valence-corrected chi connectivity index (χ2v) is 3.85. The van der Waals surface area contributed by atoms with Crippen molar-refractivity contribution in [1.29, 1.82) is 0 Å². The molecule has 0 aliphatic rings. The Kier molecular flexibility index (Phi) is 6.29. The van der Waals surface area contributed by atoms with Crippen LogP contribution in [0.15, 0.2) is 0 Å². The highest BCUT2D eigenvalue weighted by molar-refractivity contribution is 4.65. The van der Waals surface area contributed by atoms with E-state index in [-0.39, 0.29) is 0 Å². The molecule has 0 aromatic rings. The molecule has 0 saturated heterocycles. The van der Waals surface area contributed by atoms with Gasteiger partial charge >= 0.3 is 0 Å². The predicted octanol–water partition coefficient (Wildman–Crippen LogP) is 1.20. The summed E-state index contributed by atoms with van der Waals surface area (Å²) < 4.78 is 0. The van der Waals surface area contributed by atoms with Crippen molar-refractivity contribution in [3.63, 3.8) is 0 Å². The molecule has 0 aliphatic heterocycles.